The largest absolute Gasteiger partial charge is 0.490 e. The molecule has 0 spiro atoms. The maximum Gasteiger partial charge on any atom is 0.244 e. The van der Waals surface area contributed by atoms with Gasteiger partial charge >= 0.3 is 0 Å². The van der Waals surface area contributed by atoms with Crippen molar-refractivity contribution in [1.29, 1.82) is 0 Å². The van der Waals surface area contributed by atoms with Crippen LogP contribution in [0.1, 0.15) is 18.5 Å². The van der Waals surface area contributed by atoms with Crippen LogP contribution in [-0.4, -0.2) is 66.6 Å². The first-order valence-corrected chi connectivity index (χ1v) is 13.6. The van der Waals surface area contributed by atoms with E-state index in [0.717, 1.165) is 31.6 Å². The molecule has 3 aromatic rings. The summed E-state index contributed by atoms with van der Waals surface area (Å²) in [4.78, 5) is 2.20. The smallest absolute Gasteiger partial charge is 0.244 e. The Kier molecular flexibility index (Phi) is 8.36. The number of aromatic nitrogens is 2. The highest BCUT2D eigenvalue weighted by atomic mass is 35.5. The number of sulfonamides is 1. The molecule has 1 aromatic heterocycles. The van der Waals surface area contributed by atoms with Crippen LogP contribution in [0.2, 0.25) is 10.0 Å². The van der Waals surface area contributed by atoms with Crippen molar-refractivity contribution in [2.75, 3.05) is 26.2 Å². The Labute approximate surface area is 215 Å². The van der Waals surface area contributed by atoms with E-state index >= 15 is 0 Å². The minimum absolute atomic E-state index is 0.0447. The van der Waals surface area contributed by atoms with Crippen molar-refractivity contribution >= 4 is 33.2 Å². The fraction of sp³-hybridized carbons (Fsp3) is 0.375. The molecule has 0 radical (unpaired) electrons. The Hall–Kier alpha value is -2.14. The molecule has 11 heteroatoms. The van der Waals surface area contributed by atoms with Gasteiger partial charge in [0.05, 0.1) is 33.7 Å². The van der Waals surface area contributed by atoms with Gasteiger partial charge in [-0.25, -0.2) is 17.8 Å². The van der Waals surface area contributed by atoms with Crippen molar-refractivity contribution in [1.82, 2.24) is 19.4 Å². The highest BCUT2D eigenvalue weighted by Crippen LogP contribution is 2.28. The molecular formula is C24H28Cl2N4O4S. The first kappa shape index (κ1) is 25.9. The van der Waals surface area contributed by atoms with Gasteiger partial charge in [-0.3, -0.25) is 0 Å². The minimum atomic E-state index is -3.82. The van der Waals surface area contributed by atoms with E-state index in [1.807, 2.05) is 30.3 Å². The summed E-state index contributed by atoms with van der Waals surface area (Å²) in [6.07, 6.45) is 2.10. The number of aliphatic hydroxyl groups is 1. The molecule has 0 unspecified atom stereocenters. The van der Waals surface area contributed by atoms with Crippen molar-refractivity contribution in [3.8, 4) is 11.4 Å². The van der Waals surface area contributed by atoms with E-state index in [9.17, 15) is 13.5 Å². The first-order chi connectivity index (χ1) is 16.7. The third-order valence-electron chi connectivity index (χ3n) is 5.96. The molecule has 1 aliphatic heterocycles. The number of piperidine rings is 1. The van der Waals surface area contributed by atoms with E-state index in [0.29, 0.717) is 28.0 Å². The first-order valence-electron chi connectivity index (χ1n) is 11.3. The fourth-order valence-corrected chi connectivity index (χ4v) is 5.60. The third-order valence-corrected chi connectivity index (χ3v) is 8.23. The molecule has 8 nitrogen and oxygen atoms in total. The van der Waals surface area contributed by atoms with Gasteiger partial charge in [0, 0.05) is 32.2 Å². The second-order valence-electron chi connectivity index (χ2n) is 8.54. The predicted molar refractivity (Wildman–Crippen MR) is 136 cm³/mol. The van der Waals surface area contributed by atoms with E-state index in [4.69, 9.17) is 27.9 Å². The number of ether oxygens (including phenoxy) is 1. The molecule has 35 heavy (non-hydrogen) atoms. The van der Waals surface area contributed by atoms with Gasteiger partial charge in [-0.1, -0.05) is 41.4 Å². The quantitative estimate of drug-likeness (QED) is 0.431. The molecule has 4 rings (SSSR count). The topological polar surface area (TPSA) is 96.7 Å². The van der Waals surface area contributed by atoms with E-state index in [1.54, 1.807) is 29.8 Å². The molecule has 0 amide bonds. The van der Waals surface area contributed by atoms with E-state index in [1.165, 1.54) is 6.20 Å². The van der Waals surface area contributed by atoms with Crippen LogP contribution in [0.15, 0.2) is 59.6 Å². The van der Waals surface area contributed by atoms with Gasteiger partial charge in [-0.2, -0.15) is 5.10 Å². The van der Waals surface area contributed by atoms with Crippen molar-refractivity contribution < 1.29 is 18.3 Å². The van der Waals surface area contributed by atoms with Crippen molar-refractivity contribution in [2.24, 2.45) is 0 Å². The second-order valence-corrected chi connectivity index (χ2v) is 11.1. The number of nitrogens with zero attached hydrogens (tertiary/aromatic N) is 3. The number of halogens is 2. The second kappa shape index (κ2) is 11.3. The summed E-state index contributed by atoms with van der Waals surface area (Å²) in [7, 11) is -3.82. The van der Waals surface area contributed by atoms with Crippen LogP contribution in [0.5, 0.6) is 5.75 Å². The Balaban J connectivity index is 1.25. The molecular weight excluding hydrogens is 511 g/mol. The highest BCUT2D eigenvalue weighted by Gasteiger charge is 2.25. The molecule has 2 N–H and O–H groups in total. The van der Waals surface area contributed by atoms with Crippen LogP contribution in [0.25, 0.3) is 5.69 Å². The van der Waals surface area contributed by atoms with Crippen molar-refractivity contribution in [3.63, 3.8) is 0 Å². The molecule has 0 saturated carbocycles. The van der Waals surface area contributed by atoms with E-state index < -0.39 is 16.1 Å². The number of hydrogen-bond donors (Lipinski definition) is 2. The molecule has 2 heterocycles. The summed E-state index contributed by atoms with van der Waals surface area (Å²) < 4.78 is 35.8. The maximum absolute atomic E-state index is 12.8. The Bertz CT molecular complexity index is 1250. The Morgan fingerprint density at radius 3 is 2.54 bits per heavy atom. The lowest BCUT2D eigenvalue weighted by Crippen LogP contribution is -2.45. The van der Waals surface area contributed by atoms with Crippen molar-refractivity contribution in [2.45, 2.75) is 36.9 Å². The van der Waals surface area contributed by atoms with Gasteiger partial charge < -0.3 is 14.7 Å². The molecule has 2 aromatic carbocycles. The van der Waals surface area contributed by atoms with Crippen LogP contribution >= 0.6 is 23.2 Å². The molecule has 1 saturated heterocycles. The number of aliphatic hydroxyl groups excluding tert-OH is 1. The summed E-state index contributed by atoms with van der Waals surface area (Å²) in [5, 5.41) is 15.6. The third kappa shape index (κ3) is 6.55. The summed E-state index contributed by atoms with van der Waals surface area (Å²) in [5.74, 6) is 0.679. The van der Waals surface area contributed by atoms with Crippen LogP contribution in [0, 0.1) is 6.92 Å². The summed E-state index contributed by atoms with van der Waals surface area (Å²) >= 11 is 12.0. The zero-order chi connectivity index (χ0) is 25.0. The van der Waals surface area contributed by atoms with Gasteiger partial charge in [0.1, 0.15) is 16.7 Å². The number of β-amino-alcohol motifs (C(OH)–C–C–N with tert-alkyl or cyclic N) is 1. The van der Waals surface area contributed by atoms with Crippen LogP contribution in [-0.2, 0) is 10.0 Å². The molecule has 0 bridgehead atoms. The Morgan fingerprint density at radius 1 is 1.14 bits per heavy atom. The lowest BCUT2D eigenvalue weighted by molar-refractivity contribution is 0.0630. The zero-order valence-corrected chi connectivity index (χ0v) is 21.6. The van der Waals surface area contributed by atoms with Crippen LogP contribution in [0.4, 0.5) is 0 Å². The average Bonchev–Trinajstić information content (AvgIpc) is 3.24. The lowest BCUT2D eigenvalue weighted by Gasteiger charge is -2.33. The molecule has 0 aliphatic carbocycles. The maximum atomic E-state index is 12.8. The monoisotopic (exact) mass is 538 g/mol. The standard InChI is InChI=1S/C24H28Cl2N4O4S/c1-17-24(15-27-30(17)18-5-3-2-4-6-18)35(32,33)28-14-19(31)16-29-11-9-20(10-12-29)34-21-7-8-22(25)23(26)13-21/h2-8,13,15,19-20,28,31H,9-12,14,16H2,1H3/t19-/m0/s1. The van der Waals surface area contributed by atoms with Gasteiger partial charge in [0.2, 0.25) is 10.0 Å². The van der Waals surface area contributed by atoms with E-state index in [-0.39, 0.29) is 17.5 Å². The number of benzene rings is 2. The summed E-state index contributed by atoms with van der Waals surface area (Å²) in [5.41, 5.74) is 1.28. The zero-order valence-electron chi connectivity index (χ0n) is 19.3. The molecule has 1 fully saturated rings. The summed E-state index contributed by atoms with van der Waals surface area (Å²) in [6, 6.07) is 14.5. The van der Waals surface area contributed by atoms with Gasteiger partial charge in [0.25, 0.3) is 0 Å². The molecule has 1 aliphatic rings. The molecule has 188 valence electrons. The van der Waals surface area contributed by atoms with Gasteiger partial charge in [-0.05, 0) is 44.0 Å². The van der Waals surface area contributed by atoms with Gasteiger partial charge in [-0.15, -0.1) is 0 Å². The predicted octanol–water partition coefficient (Wildman–Crippen LogP) is 3.67. The molecule has 1 atom stereocenters. The van der Waals surface area contributed by atoms with Gasteiger partial charge in [0.15, 0.2) is 0 Å². The number of nitrogens with one attached hydrogen (secondary N) is 1. The number of hydrogen-bond acceptors (Lipinski definition) is 6. The van der Waals surface area contributed by atoms with Crippen LogP contribution < -0.4 is 9.46 Å². The number of rotatable bonds is 9. The van der Waals surface area contributed by atoms with Crippen LogP contribution in [0.3, 0.4) is 0 Å². The fourth-order valence-electron chi connectivity index (χ4n) is 4.09. The highest BCUT2D eigenvalue weighted by molar-refractivity contribution is 7.89. The number of para-hydroxylation sites is 1. The normalized spacial score (nSPS) is 16.3. The SMILES string of the molecule is Cc1c(S(=O)(=O)NC[C@H](O)CN2CCC(Oc3ccc(Cl)c(Cl)c3)CC2)cnn1-c1ccccc1. The Morgan fingerprint density at radius 2 is 1.86 bits per heavy atom. The lowest BCUT2D eigenvalue weighted by atomic mass is 10.1. The summed E-state index contributed by atoms with van der Waals surface area (Å²) in [6.45, 7) is 3.45. The average molecular weight is 539 g/mol. The van der Waals surface area contributed by atoms with Crippen molar-refractivity contribution in [3.05, 3.63) is 70.5 Å². The minimum Gasteiger partial charge on any atom is -0.490 e. The number of likely N-dealkylation sites (tertiary alicyclic amines) is 1. The van der Waals surface area contributed by atoms with E-state index in [2.05, 4.69) is 14.7 Å².